The van der Waals surface area contributed by atoms with Gasteiger partial charge in [-0.1, -0.05) is 51.9 Å². The Bertz CT molecular complexity index is 185. The van der Waals surface area contributed by atoms with E-state index in [1.807, 2.05) is 6.92 Å². The van der Waals surface area contributed by atoms with Gasteiger partial charge >= 0.3 is 0 Å². The van der Waals surface area contributed by atoms with Crippen molar-refractivity contribution >= 4 is 0 Å². The molecule has 1 aliphatic rings. The molecule has 2 nitrogen and oxygen atoms in total. The first-order chi connectivity index (χ1) is 8.14. The molecule has 0 heterocycles. The molecule has 0 aromatic carbocycles. The van der Waals surface area contributed by atoms with E-state index in [0.29, 0.717) is 6.04 Å². The van der Waals surface area contributed by atoms with Gasteiger partial charge in [-0.3, -0.25) is 0 Å². The van der Waals surface area contributed by atoms with E-state index >= 15 is 0 Å². The lowest BCUT2D eigenvalue weighted by Gasteiger charge is -2.26. The molecule has 1 fully saturated rings. The minimum atomic E-state index is -0.505. The summed E-state index contributed by atoms with van der Waals surface area (Å²) in [5.74, 6) is 0. The molecule has 1 unspecified atom stereocenters. The SMILES string of the molecule is CCCCCCCC(C)(O)CNC1CCCC1. The number of aliphatic hydroxyl groups is 1. The third-order valence-corrected chi connectivity index (χ3v) is 3.95. The van der Waals surface area contributed by atoms with Crippen LogP contribution in [-0.4, -0.2) is 23.3 Å². The highest BCUT2D eigenvalue weighted by Gasteiger charge is 2.22. The number of hydrogen-bond donors (Lipinski definition) is 2. The molecule has 102 valence electrons. The third-order valence-electron chi connectivity index (χ3n) is 3.95. The molecule has 17 heavy (non-hydrogen) atoms. The minimum Gasteiger partial charge on any atom is -0.389 e. The van der Waals surface area contributed by atoms with Gasteiger partial charge in [-0.15, -0.1) is 0 Å². The Balaban J connectivity index is 2.03. The summed E-state index contributed by atoms with van der Waals surface area (Å²) < 4.78 is 0. The third kappa shape index (κ3) is 7.05. The fourth-order valence-corrected chi connectivity index (χ4v) is 2.69. The lowest BCUT2D eigenvalue weighted by molar-refractivity contribution is 0.0453. The Morgan fingerprint density at radius 3 is 2.41 bits per heavy atom. The van der Waals surface area contributed by atoms with E-state index in [-0.39, 0.29) is 0 Å². The van der Waals surface area contributed by atoms with Crippen LogP contribution in [0.5, 0.6) is 0 Å². The average molecular weight is 241 g/mol. The van der Waals surface area contributed by atoms with Gasteiger partial charge in [-0.05, 0) is 26.2 Å². The predicted molar refractivity (Wildman–Crippen MR) is 74.3 cm³/mol. The fraction of sp³-hybridized carbons (Fsp3) is 1.00. The average Bonchev–Trinajstić information content (AvgIpc) is 2.79. The van der Waals surface area contributed by atoms with Gasteiger partial charge in [0, 0.05) is 12.6 Å². The van der Waals surface area contributed by atoms with E-state index in [1.54, 1.807) is 0 Å². The van der Waals surface area contributed by atoms with Crippen LogP contribution in [0.4, 0.5) is 0 Å². The second kappa shape index (κ2) is 8.10. The predicted octanol–water partition coefficient (Wildman–Crippen LogP) is 3.63. The molecular weight excluding hydrogens is 210 g/mol. The van der Waals surface area contributed by atoms with E-state index in [9.17, 15) is 5.11 Å². The fourth-order valence-electron chi connectivity index (χ4n) is 2.69. The van der Waals surface area contributed by atoms with Crippen molar-refractivity contribution in [3.05, 3.63) is 0 Å². The van der Waals surface area contributed by atoms with Crippen molar-refractivity contribution in [3.63, 3.8) is 0 Å². The zero-order chi connectivity index (χ0) is 12.6. The maximum Gasteiger partial charge on any atom is 0.0743 e. The molecule has 0 aliphatic heterocycles. The van der Waals surface area contributed by atoms with Crippen LogP contribution in [0.3, 0.4) is 0 Å². The van der Waals surface area contributed by atoms with Crippen molar-refractivity contribution in [2.45, 2.75) is 89.7 Å². The quantitative estimate of drug-likeness (QED) is 0.604. The lowest BCUT2D eigenvalue weighted by atomic mass is 9.97. The maximum absolute atomic E-state index is 10.3. The van der Waals surface area contributed by atoms with E-state index in [2.05, 4.69) is 12.2 Å². The monoisotopic (exact) mass is 241 g/mol. The molecule has 0 saturated heterocycles. The molecule has 1 rings (SSSR count). The first kappa shape index (κ1) is 15.0. The normalized spacial score (nSPS) is 20.6. The van der Waals surface area contributed by atoms with Gasteiger partial charge in [0.1, 0.15) is 0 Å². The van der Waals surface area contributed by atoms with Gasteiger partial charge in [0.05, 0.1) is 5.60 Å². The summed E-state index contributed by atoms with van der Waals surface area (Å²) >= 11 is 0. The summed E-state index contributed by atoms with van der Waals surface area (Å²) in [6.45, 7) is 4.99. The minimum absolute atomic E-state index is 0.505. The van der Waals surface area contributed by atoms with Gasteiger partial charge < -0.3 is 10.4 Å². The first-order valence-corrected chi connectivity index (χ1v) is 7.60. The summed E-state index contributed by atoms with van der Waals surface area (Å²) in [6, 6.07) is 0.668. The molecule has 1 saturated carbocycles. The Kier molecular flexibility index (Phi) is 7.14. The van der Waals surface area contributed by atoms with Gasteiger partial charge in [0.2, 0.25) is 0 Å². The summed E-state index contributed by atoms with van der Waals surface area (Å²) in [5, 5.41) is 13.8. The number of nitrogens with one attached hydrogen (secondary N) is 1. The molecule has 0 radical (unpaired) electrons. The van der Waals surface area contributed by atoms with E-state index in [4.69, 9.17) is 0 Å². The largest absolute Gasteiger partial charge is 0.389 e. The van der Waals surface area contributed by atoms with Gasteiger partial charge in [-0.25, -0.2) is 0 Å². The molecule has 0 bridgehead atoms. The van der Waals surface area contributed by atoms with Crippen molar-refractivity contribution in [1.29, 1.82) is 0 Å². The number of unbranched alkanes of at least 4 members (excludes halogenated alkanes) is 4. The van der Waals surface area contributed by atoms with Crippen LogP contribution in [0.25, 0.3) is 0 Å². The Labute approximate surface area is 107 Å². The molecule has 2 heteroatoms. The van der Waals surface area contributed by atoms with Crippen molar-refractivity contribution in [1.82, 2.24) is 5.32 Å². The summed E-state index contributed by atoms with van der Waals surface area (Å²) in [4.78, 5) is 0. The van der Waals surface area contributed by atoms with Crippen LogP contribution in [-0.2, 0) is 0 Å². The van der Waals surface area contributed by atoms with Gasteiger partial charge in [0.25, 0.3) is 0 Å². The molecule has 0 spiro atoms. The van der Waals surface area contributed by atoms with Gasteiger partial charge in [0.15, 0.2) is 0 Å². The summed E-state index contributed by atoms with van der Waals surface area (Å²) in [6.07, 6.45) is 12.6. The van der Waals surface area contributed by atoms with Crippen molar-refractivity contribution in [3.8, 4) is 0 Å². The van der Waals surface area contributed by atoms with Gasteiger partial charge in [-0.2, -0.15) is 0 Å². The van der Waals surface area contributed by atoms with E-state index < -0.39 is 5.60 Å². The second-order valence-corrected chi connectivity index (χ2v) is 6.02. The molecule has 1 aliphatic carbocycles. The van der Waals surface area contributed by atoms with Crippen LogP contribution in [0.2, 0.25) is 0 Å². The molecule has 0 amide bonds. The number of hydrogen-bond acceptors (Lipinski definition) is 2. The highest BCUT2D eigenvalue weighted by Crippen LogP contribution is 2.20. The number of rotatable bonds is 9. The van der Waals surface area contributed by atoms with Crippen LogP contribution >= 0.6 is 0 Å². The molecule has 1 atom stereocenters. The topological polar surface area (TPSA) is 32.3 Å². The Morgan fingerprint density at radius 2 is 1.76 bits per heavy atom. The highest BCUT2D eigenvalue weighted by atomic mass is 16.3. The molecule has 0 aromatic rings. The standard InChI is InChI=1S/C15H31NO/c1-3-4-5-6-9-12-15(2,17)13-16-14-10-7-8-11-14/h14,16-17H,3-13H2,1-2H3. The molecule has 2 N–H and O–H groups in total. The second-order valence-electron chi connectivity index (χ2n) is 6.02. The van der Waals surface area contributed by atoms with Crippen LogP contribution in [0.1, 0.15) is 78.1 Å². The maximum atomic E-state index is 10.3. The van der Waals surface area contributed by atoms with Crippen LogP contribution in [0.15, 0.2) is 0 Å². The van der Waals surface area contributed by atoms with Crippen LogP contribution < -0.4 is 5.32 Å². The first-order valence-electron chi connectivity index (χ1n) is 7.60. The zero-order valence-corrected chi connectivity index (χ0v) is 11.8. The Hall–Kier alpha value is -0.0800. The van der Waals surface area contributed by atoms with Crippen LogP contribution in [0, 0.1) is 0 Å². The van der Waals surface area contributed by atoms with E-state index in [0.717, 1.165) is 13.0 Å². The van der Waals surface area contributed by atoms with Crippen molar-refractivity contribution in [2.75, 3.05) is 6.54 Å². The summed E-state index contributed by atoms with van der Waals surface area (Å²) in [7, 11) is 0. The lowest BCUT2D eigenvalue weighted by Crippen LogP contribution is -2.41. The molecule has 0 aromatic heterocycles. The smallest absolute Gasteiger partial charge is 0.0743 e. The van der Waals surface area contributed by atoms with Crippen molar-refractivity contribution < 1.29 is 5.11 Å². The molecular formula is C15H31NO. The van der Waals surface area contributed by atoms with E-state index in [1.165, 1.54) is 57.8 Å². The Morgan fingerprint density at radius 1 is 1.12 bits per heavy atom. The zero-order valence-electron chi connectivity index (χ0n) is 11.8. The van der Waals surface area contributed by atoms with Crippen molar-refractivity contribution in [2.24, 2.45) is 0 Å². The summed E-state index contributed by atoms with van der Waals surface area (Å²) in [5.41, 5.74) is -0.505. The highest BCUT2D eigenvalue weighted by molar-refractivity contribution is 4.80.